The van der Waals surface area contributed by atoms with Crippen molar-refractivity contribution in [3.8, 4) is 16.9 Å². The van der Waals surface area contributed by atoms with Crippen molar-refractivity contribution in [2.45, 2.75) is 25.9 Å². The van der Waals surface area contributed by atoms with Crippen molar-refractivity contribution in [3.05, 3.63) is 101 Å². The molecule has 1 nitrogen and oxygen atoms in total. The van der Waals surface area contributed by atoms with Crippen LogP contribution < -0.4 is 4.74 Å². The zero-order valence-electron chi connectivity index (χ0n) is 18.4. The molecule has 0 atom stereocenters. The lowest BCUT2D eigenvalue weighted by molar-refractivity contribution is -0.140. The van der Waals surface area contributed by atoms with Gasteiger partial charge in [-0.05, 0) is 60.0 Å². The van der Waals surface area contributed by atoms with Crippen molar-refractivity contribution in [1.29, 1.82) is 0 Å². The van der Waals surface area contributed by atoms with E-state index >= 15 is 4.39 Å². The van der Waals surface area contributed by atoms with Gasteiger partial charge in [-0.15, -0.1) is 0 Å². The maximum atomic E-state index is 15.1. The molecule has 0 aliphatic heterocycles. The lowest BCUT2D eigenvalue weighted by Gasteiger charge is -2.12. The number of rotatable bonds is 6. The molecule has 0 aromatic heterocycles. The number of halogens is 7. The van der Waals surface area contributed by atoms with Gasteiger partial charge in [0.05, 0.1) is 17.7 Å². The zero-order chi connectivity index (χ0) is 25.3. The summed E-state index contributed by atoms with van der Waals surface area (Å²) in [7, 11) is 0. The molecule has 182 valence electrons. The second-order valence-electron chi connectivity index (χ2n) is 7.98. The van der Waals surface area contributed by atoms with Crippen LogP contribution in [-0.4, -0.2) is 6.61 Å². The molecular weight excluding hydrogens is 473 g/mol. The fourth-order valence-corrected chi connectivity index (χ4v) is 3.98. The van der Waals surface area contributed by atoms with E-state index < -0.39 is 35.0 Å². The second kappa shape index (κ2) is 9.60. The van der Waals surface area contributed by atoms with Crippen molar-refractivity contribution >= 4 is 10.8 Å². The van der Waals surface area contributed by atoms with Crippen molar-refractivity contribution in [2.75, 3.05) is 6.61 Å². The standard InChI is InChI=1S/C27H19F7O/c1-2-35-19-13-23(29)25(24(30)14-19)18-8-9-20-17(12-18)7-6-16(26(20)31)5-3-15-4-10-21(22(28)11-15)27(32,33)34/h4,6-14H,2-3,5H2,1H3. The molecule has 35 heavy (non-hydrogen) atoms. The molecule has 0 N–H and O–H groups in total. The minimum Gasteiger partial charge on any atom is -0.494 e. The average Bonchev–Trinajstić information content (AvgIpc) is 2.77. The van der Waals surface area contributed by atoms with E-state index in [1.807, 2.05) is 0 Å². The number of hydrogen-bond acceptors (Lipinski definition) is 1. The molecule has 0 aliphatic rings. The normalized spacial score (nSPS) is 11.8. The summed E-state index contributed by atoms with van der Waals surface area (Å²) in [4.78, 5) is 0. The number of benzene rings is 4. The predicted molar refractivity (Wildman–Crippen MR) is 119 cm³/mol. The molecule has 0 radical (unpaired) electrons. The highest BCUT2D eigenvalue weighted by Crippen LogP contribution is 2.34. The van der Waals surface area contributed by atoms with E-state index in [2.05, 4.69) is 0 Å². The van der Waals surface area contributed by atoms with Crippen LogP contribution in [0.2, 0.25) is 0 Å². The van der Waals surface area contributed by atoms with Crippen LogP contribution >= 0.6 is 0 Å². The fraction of sp³-hybridized carbons (Fsp3) is 0.185. The number of ether oxygens (including phenoxy) is 1. The van der Waals surface area contributed by atoms with Crippen LogP contribution in [0, 0.1) is 23.3 Å². The van der Waals surface area contributed by atoms with Gasteiger partial charge in [0.2, 0.25) is 0 Å². The maximum Gasteiger partial charge on any atom is 0.419 e. The van der Waals surface area contributed by atoms with Crippen molar-refractivity contribution in [2.24, 2.45) is 0 Å². The Bertz CT molecular complexity index is 1370. The summed E-state index contributed by atoms with van der Waals surface area (Å²) >= 11 is 0. The predicted octanol–water partition coefficient (Wildman–Crippen LogP) is 8.27. The summed E-state index contributed by atoms with van der Waals surface area (Å²) in [5.74, 6) is -3.50. The minimum absolute atomic E-state index is 0.0654. The largest absolute Gasteiger partial charge is 0.494 e. The van der Waals surface area contributed by atoms with E-state index in [-0.39, 0.29) is 47.3 Å². The number of aryl methyl sites for hydroxylation is 2. The van der Waals surface area contributed by atoms with Crippen molar-refractivity contribution in [3.63, 3.8) is 0 Å². The van der Waals surface area contributed by atoms with Gasteiger partial charge < -0.3 is 4.74 Å². The Morgan fingerprint density at radius 1 is 0.743 bits per heavy atom. The van der Waals surface area contributed by atoms with Gasteiger partial charge in [0, 0.05) is 17.5 Å². The molecule has 0 saturated carbocycles. The highest BCUT2D eigenvalue weighted by Gasteiger charge is 2.33. The van der Waals surface area contributed by atoms with Gasteiger partial charge in [-0.25, -0.2) is 17.6 Å². The Hall–Kier alpha value is -3.55. The molecule has 0 saturated heterocycles. The summed E-state index contributed by atoms with van der Waals surface area (Å²) in [6.07, 6.45) is -4.54. The maximum absolute atomic E-state index is 15.1. The zero-order valence-corrected chi connectivity index (χ0v) is 18.4. The first kappa shape index (κ1) is 24.6. The van der Waals surface area contributed by atoms with Crippen molar-refractivity contribution in [1.82, 2.24) is 0 Å². The monoisotopic (exact) mass is 492 g/mol. The van der Waals surface area contributed by atoms with Crippen LogP contribution in [0.15, 0.2) is 60.7 Å². The van der Waals surface area contributed by atoms with Crippen molar-refractivity contribution < 1.29 is 35.5 Å². The van der Waals surface area contributed by atoms with E-state index in [4.69, 9.17) is 4.74 Å². The first-order valence-electron chi connectivity index (χ1n) is 10.8. The molecule has 0 amide bonds. The van der Waals surface area contributed by atoms with Gasteiger partial charge in [0.1, 0.15) is 29.0 Å². The third-order valence-electron chi connectivity index (χ3n) is 5.67. The molecule has 0 bridgehead atoms. The molecule has 4 aromatic rings. The molecule has 0 aliphatic carbocycles. The van der Waals surface area contributed by atoms with E-state index in [9.17, 15) is 26.3 Å². The van der Waals surface area contributed by atoms with Crippen LogP contribution in [0.1, 0.15) is 23.6 Å². The lowest BCUT2D eigenvalue weighted by atomic mass is 9.96. The second-order valence-corrected chi connectivity index (χ2v) is 7.98. The molecule has 0 spiro atoms. The van der Waals surface area contributed by atoms with Gasteiger partial charge in [-0.1, -0.05) is 30.3 Å². The molecule has 4 aromatic carbocycles. The Balaban J connectivity index is 1.59. The topological polar surface area (TPSA) is 9.23 Å². The molecule has 0 unspecified atom stereocenters. The molecule has 0 heterocycles. The summed E-state index contributed by atoms with van der Waals surface area (Å²) in [6, 6.07) is 12.2. The highest BCUT2D eigenvalue weighted by atomic mass is 19.4. The van der Waals surface area contributed by atoms with Crippen LogP contribution in [0.25, 0.3) is 21.9 Å². The van der Waals surface area contributed by atoms with Gasteiger partial charge in [0.15, 0.2) is 0 Å². The Morgan fingerprint density at radius 3 is 2.09 bits per heavy atom. The summed E-state index contributed by atoms with van der Waals surface area (Å²) in [6.45, 7) is 1.95. The average molecular weight is 492 g/mol. The van der Waals surface area contributed by atoms with Gasteiger partial charge in [0.25, 0.3) is 0 Å². The van der Waals surface area contributed by atoms with Gasteiger partial charge in [-0.2, -0.15) is 13.2 Å². The van der Waals surface area contributed by atoms with Gasteiger partial charge >= 0.3 is 6.18 Å². The van der Waals surface area contributed by atoms with Crippen LogP contribution in [0.3, 0.4) is 0 Å². The highest BCUT2D eigenvalue weighted by molar-refractivity contribution is 5.88. The molecule has 4 rings (SSSR count). The van der Waals surface area contributed by atoms with E-state index in [0.29, 0.717) is 17.0 Å². The Kier molecular flexibility index (Phi) is 6.74. The molecule has 8 heteroatoms. The van der Waals surface area contributed by atoms with E-state index in [1.165, 1.54) is 24.3 Å². The first-order chi connectivity index (χ1) is 16.6. The first-order valence-corrected chi connectivity index (χ1v) is 10.8. The Morgan fingerprint density at radius 2 is 1.46 bits per heavy atom. The smallest absolute Gasteiger partial charge is 0.419 e. The Labute approximate surface area is 196 Å². The van der Waals surface area contributed by atoms with E-state index in [0.717, 1.165) is 24.3 Å². The SMILES string of the molecule is CCOc1cc(F)c(-c2ccc3c(F)c(CCc4ccc(C(F)(F)F)c(F)c4)ccc3c2)c(F)c1. The number of hydrogen-bond donors (Lipinski definition) is 0. The third kappa shape index (κ3) is 5.11. The quantitative estimate of drug-likeness (QED) is 0.246. The minimum atomic E-state index is -4.79. The molecular formula is C27H19F7O. The number of alkyl halides is 3. The van der Waals surface area contributed by atoms with E-state index in [1.54, 1.807) is 13.0 Å². The third-order valence-corrected chi connectivity index (χ3v) is 5.67. The molecule has 0 fully saturated rings. The van der Waals surface area contributed by atoms with Crippen LogP contribution in [0.4, 0.5) is 30.7 Å². The van der Waals surface area contributed by atoms with Gasteiger partial charge in [-0.3, -0.25) is 0 Å². The van der Waals surface area contributed by atoms with Crippen LogP contribution in [-0.2, 0) is 19.0 Å². The fourth-order valence-electron chi connectivity index (χ4n) is 3.98. The summed E-state index contributed by atoms with van der Waals surface area (Å²) < 4.78 is 101. The van der Waals surface area contributed by atoms with Crippen LogP contribution in [0.5, 0.6) is 5.75 Å². The summed E-state index contributed by atoms with van der Waals surface area (Å²) in [5, 5.41) is 0.633. The number of fused-ring (bicyclic) bond motifs is 1. The summed E-state index contributed by atoms with van der Waals surface area (Å²) in [5.41, 5.74) is -0.808. The lowest BCUT2D eigenvalue weighted by Crippen LogP contribution is -2.08.